The predicted molar refractivity (Wildman–Crippen MR) is 117 cm³/mol. The zero-order valence-electron chi connectivity index (χ0n) is 15.6. The van der Waals surface area contributed by atoms with E-state index in [0.717, 1.165) is 43.8 Å². The van der Waals surface area contributed by atoms with Gasteiger partial charge in [-0.05, 0) is 65.9 Å². The highest BCUT2D eigenvalue weighted by Gasteiger charge is 2.33. The molecule has 0 bridgehead atoms. The molecule has 0 saturated heterocycles. The summed E-state index contributed by atoms with van der Waals surface area (Å²) in [6.07, 6.45) is 2.08. The Morgan fingerprint density at radius 1 is 1.00 bits per heavy atom. The van der Waals surface area contributed by atoms with Crippen molar-refractivity contribution in [2.45, 2.75) is 25.2 Å². The molecular weight excluding hydrogens is 430 g/mol. The van der Waals surface area contributed by atoms with Crippen LogP contribution in [0.1, 0.15) is 40.4 Å². The number of hydrogen-bond acceptors (Lipinski definition) is 2. The maximum atomic E-state index is 13.6. The average molecular weight is 448 g/mol. The largest absolute Gasteiger partial charge is 0.481 e. The molecule has 3 aromatic carbocycles. The first kappa shape index (κ1) is 18.1. The molecule has 1 unspecified atom stereocenters. The molecule has 0 spiro atoms. The van der Waals surface area contributed by atoms with Crippen LogP contribution in [0.5, 0.6) is 0 Å². The number of aliphatic carboxylic acids is 1. The van der Waals surface area contributed by atoms with Crippen LogP contribution < -0.4 is 0 Å². The lowest BCUT2D eigenvalue weighted by molar-refractivity contribution is -0.139. The summed E-state index contributed by atoms with van der Waals surface area (Å²) >= 11 is 3.48. The van der Waals surface area contributed by atoms with Crippen molar-refractivity contribution in [3.63, 3.8) is 0 Å². The number of fused-ring (bicyclic) bond motifs is 4. The predicted octanol–water partition coefficient (Wildman–Crippen LogP) is 5.75. The highest BCUT2D eigenvalue weighted by atomic mass is 79.9. The molecule has 1 aromatic heterocycles. The number of carbonyl (C=O) groups is 2. The van der Waals surface area contributed by atoms with E-state index in [9.17, 15) is 14.7 Å². The molecule has 0 saturated carbocycles. The summed E-state index contributed by atoms with van der Waals surface area (Å²) < 4.78 is 2.73. The Hall–Kier alpha value is -2.92. The molecule has 1 atom stereocenters. The third kappa shape index (κ3) is 2.88. The molecule has 4 nitrogen and oxygen atoms in total. The minimum atomic E-state index is -0.822. The van der Waals surface area contributed by atoms with Crippen LogP contribution in [0.3, 0.4) is 0 Å². The van der Waals surface area contributed by atoms with E-state index in [2.05, 4.69) is 15.9 Å². The molecule has 1 aliphatic carbocycles. The van der Waals surface area contributed by atoms with E-state index >= 15 is 0 Å². The molecule has 1 aliphatic rings. The van der Waals surface area contributed by atoms with Gasteiger partial charge in [0.25, 0.3) is 5.91 Å². The van der Waals surface area contributed by atoms with Crippen molar-refractivity contribution in [3.05, 3.63) is 82.0 Å². The molecule has 0 amide bonds. The van der Waals surface area contributed by atoms with E-state index in [1.807, 2.05) is 60.7 Å². The van der Waals surface area contributed by atoms with Crippen molar-refractivity contribution >= 4 is 49.5 Å². The van der Waals surface area contributed by atoms with E-state index in [1.54, 1.807) is 4.57 Å². The number of carboxylic acids is 1. The highest BCUT2D eigenvalue weighted by Crippen LogP contribution is 2.39. The summed E-state index contributed by atoms with van der Waals surface area (Å²) in [7, 11) is 0. The molecule has 5 rings (SSSR count). The molecule has 0 radical (unpaired) electrons. The van der Waals surface area contributed by atoms with Crippen LogP contribution in [0.15, 0.2) is 65.1 Å². The molecular formula is C24H18BrNO3. The van der Waals surface area contributed by atoms with Gasteiger partial charge in [-0.25, -0.2) is 0 Å². The van der Waals surface area contributed by atoms with E-state index in [4.69, 9.17) is 0 Å². The number of carbonyl (C=O) groups excluding carboxylic acids is 1. The number of rotatable bonds is 2. The maximum Gasteiger partial charge on any atom is 0.311 e. The van der Waals surface area contributed by atoms with Crippen LogP contribution in [-0.4, -0.2) is 21.6 Å². The van der Waals surface area contributed by atoms with Gasteiger partial charge in [0.1, 0.15) is 0 Å². The molecule has 0 aliphatic heterocycles. The third-order valence-electron chi connectivity index (χ3n) is 5.82. The summed E-state index contributed by atoms with van der Waals surface area (Å²) in [6.45, 7) is 0. The van der Waals surface area contributed by atoms with Crippen LogP contribution in [0.25, 0.3) is 21.7 Å². The van der Waals surface area contributed by atoms with Gasteiger partial charge >= 0.3 is 5.97 Å². The second-order valence-electron chi connectivity index (χ2n) is 7.51. The van der Waals surface area contributed by atoms with Crippen LogP contribution in [-0.2, 0) is 11.2 Å². The number of aromatic nitrogens is 1. The minimum absolute atomic E-state index is 0.113. The molecule has 1 N–H and O–H groups in total. The van der Waals surface area contributed by atoms with Crippen LogP contribution >= 0.6 is 15.9 Å². The summed E-state index contributed by atoms with van der Waals surface area (Å²) in [4.78, 5) is 25.5. The minimum Gasteiger partial charge on any atom is -0.481 e. The first-order chi connectivity index (χ1) is 14.0. The Bertz CT molecular complexity index is 1300. The molecule has 4 aromatic rings. The molecule has 144 valence electrons. The van der Waals surface area contributed by atoms with Gasteiger partial charge in [-0.1, -0.05) is 46.3 Å². The number of benzene rings is 3. The molecule has 5 heteroatoms. The normalized spacial score (nSPS) is 16.1. The van der Waals surface area contributed by atoms with E-state index in [1.165, 1.54) is 0 Å². The lowest BCUT2D eigenvalue weighted by Gasteiger charge is -2.21. The first-order valence-electron chi connectivity index (χ1n) is 9.63. The van der Waals surface area contributed by atoms with Crippen LogP contribution in [0, 0.1) is 0 Å². The van der Waals surface area contributed by atoms with E-state index < -0.39 is 11.9 Å². The van der Waals surface area contributed by atoms with Gasteiger partial charge in [-0.15, -0.1) is 0 Å². The monoisotopic (exact) mass is 447 g/mol. The Kier molecular flexibility index (Phi) is 4.28. The Labute approximate surface area is 175 Å². The van der Waals surface area contributed by atoms with Crippen molar-refractivity contribution in [2.75, 3.05) is 0 Å². The van der Waals surface area contributed by atoms with Gasteiger partial charge in [0, 0.05) is 21.1 Å². The summed E-state index contributed by atoms with van der Waals surface area (Å²) in [5.74, 6) is -1.50. The number of nitrogens with zero attached hydrogens (tertiary/aromatic N) is 1. The summed E-state index contributed by atoms with van der Waals surface area (Å²) in [5, 5.41) is 12.7. The SMILES string of the molecule is O=C(O)C1CCCc2c1c1ccccc1n2C(=O)c1ccc2cc(Br)ccc2c1. The smallest absolute Gasteiger partial charge is 0.311 e. The number of hydrogen-bond donors (Lipinski definition) is 1. The Morgan fingerprint density at radius 2 is 1.76 bits per heavy atom. The van der Waals surface area contributed by atoms with Crippen molar-refractivity contribution in [1.29, 1.82) is 0 Å². The number of para-hydroxylation sites is 1. The fourth-order valence-corrected chi connectivity index (χ4v) is 4.91. The molecule has 0 fully saturated rings. The second kappa shape index (κ2) is 6.85. The van der Waals surface area contributed by atoms with Gasteiger partial charge < -0.3 is 5.11 Å². The average Bonchev–Trinajstić information content (AvgIpc) is 3.07. The Balaban J connectivity index is 1.72. The van der Waals surface area contributed by atoms with Gasteiger partial charge in [-0.2, -0.15) is 0 Å². The van der Waals surface area contributed by atoms with E-state index in [-0.39, 0.29) is 5.91 Å². The zero-order chi connectivity index (χ0) is 20.1. The van der Waals surface area contributed by atoms with Gasteiger partial charge in [0.2, 0.25) is 0 Å². The lowest BCUT2D eigenvalue weighted by Crippen LogP contribution is -2.21. The fourth-order valence-electron chi connectivity index (χ4n) is 4.53. The highest BCUT2D eigenvalue weighted by molar-refractivity contribution is 9.10. The maximum absolute atomic E-state index is 13.6. The zero-order valence-corrected chi connectivity index (χ0v) is 17.1. The van der Waals surface area contributed by atoms with Gasteiger partial charge in [0.05, 0.1) is 11.4 Å². The van der Waals surface area contributed by atoms with Crippen LogP contribution in [0.4, 0.5) is 0 Å². The Morgan fingerprint density at radius 3 is 2.59 bits per heavy atom. The molecule has 29 heavy (non-hydrogen) atoms. The van der Waals surface area contributed by atoms with Crippen molar-refractivity contribution < 1.29 is 14.7 Å². The molecule has 1 heterocycles. The van der Waals surface area contributed by atoms with Crippen molar-refractivity contribution in [3.8, 4) is 0 Å². The number of halogens is 1. The first-order valence-corrected chi connectivity index (χ1v) is 10.4. The lowest BCUT2D eigenvalue weighted by atomic mass is 9.85. The quantitative estimate of drug-likeness (QED) is 0.425. The second-order valence-corrected chi connectivity index (χ2v) is 8.42. The summed E-state index contributed by atoms with van der Waals surface area (Å²) in [5.41, 5.74) is 3.02. The van der Waals surface area contributed by atoms with E-state index in [0.29, 0.717) is 18.4 Å². The summed E-state index contributed by atoms with van der Waals surface area (Å²) in [6, 6.07) is 19.3. The van der Waals surface area contributed by atoms with Crippen molar-refractivity contribution in [2.24, 2.45) is 0 Å². The fraction of sp³-hybridized carbons (Fsp3) is 0.167. The standard InChI is InChI=1S/C24H18BrNO3/c25-17-11-10-14-12-16(9-8-15(14)13-17)23(27)26-20-6-2-1-4-18(20)22-19(24(28)29)5-3-7-21(22)26/h1-2,4,6,8-13,19H,3,5,7H2,(H,28,29). The van der Waals surface area contributed by atoms with Gasteiger partial charge in [-0.3, -0.25) is 14.2 Å². The van der Waals surface area contributed by atoms with Crippen molar-refractivity contribution in [1.82, 2.24) is 4.57 Å². The van der Waals surface area contributed by atoms with Crippen LogP contribution in [0.2, 0.25) is 0 Å². The topological polar surface area (TPSA) is 59.3 Å². The number of carboxylic acid groups (broad SMARTS) is 1. The third-order valence-corrected chi connectivity index (χ3v) is 6.31. The van der Waals surface area contributed by atoms with Gasteiger partial charge in [0.15, 0.2) is 0 Å².